The van der Waals surface area contributed by atoms with Crippen LogP contribution in [0.3, 0.4) is 0 Å². The summed E-state index contributed by atoms with van der Waals surface area (Å²) in [6, 6.07) is 1.99. The predicted octanol–water partition coefficient (Wildman–Crippen LogP) is 1.62. The quantitative estimate of drug-likeness (QED) is 0.682. The van der Waals surface area contributed by atoms with Crippen LogP contribution in [-0.4, -0.2) is 30.1 Å². The molecular formula is C22H26NO7-. The van der Waals surface area contributed by atoms with Gasteiger partial charge in [-0.15, -0.1) is 0 Å². The van der Waals surface area contributed by atoms with Crippen molar-refractivity contribution in [3.8, 4) is 11.5 Å². The van der Waals surface area contributed by atoms with Crippen LogP contribution in [-0.2, 0) is 16.0 Å². The van der Waals surface area contributed by atoms with E-state index in [2.05, 4.69) is 5.32 Å². The molecule has 2 aromatic rings. The number of rotatable bonds is 7. The first-order valence-electron chi connectivity index (χ1n) is 10.0. The number of hydrogen-bond donors (Lipinski definition) is 1. The summed E-state index contributed by atoms with van der Waals surface area (Å²) < 4.78 is 17.3. The van der Waals surface area contributed by atoms with Crippen molar-refractivity contribution in [3.63, 3.8) is 0 Å². The molecule has 1 atom stereocenters. The number of carbonyl (C=O) groups excluding carboxylic acids is 2. The lowest BCUT2D eigenvalue weighted by atomic mass is 9.92. The van der Waals surface area contributed by atoms with Crippen LogP contribution in [0.1, 0.15) is 51.2 Å². The van der Waals surface area contributed by atoms with Crippen molar-refractivity contribution >= 4 is 22.8 Å². The second-order valence-electron chi connectivity index (χ2n) is 8.18. The van der Waals surface area contributed by atoms with E-state index in [1.165, 1.54) is 6.07 Å². The lowest BCUT2D eigenvalue weighted by molar-refractivity contribution is -0.308. The number of aryl methyl sites for hydroxylation is 2. The fourth-order valence-electron chi connectivity index (χ4n) is 3.65. The molecule has 1 aromatic heterocycles. The summed E-state index contributed by atoms with van der Waals surface area (Å²) in [5.41, 5.74) is 0.978. The van der Waals surface area contributed by atoms with Crippen molar-refractivity contribution in [2.75, 3.05) is 6.61 Å². The van der Waals surface area contributed by atoms with Crippen molar-refractivity contribution < 1.29 is 28.6 Å². The average molecular weight is 416 g/mol. The monoisotopic (exact) mass is 416 g/mol. The molecule has 0 radical (unpaired) electrons. The number of aliphatic carboxylic acids is 1. The van der Waals surface area contributed by atoms with E-state index < -0.39 is 30.2 Å². The minimum Gasteiger partial charge on any atom is -0.548 e. The van der Waals surface area contributed by atoms with Crippen molar-refractivity contribution in [2.45, 2.75) is 65.0 Å². The highest BCUT2D eigenvalue weighted by molar-refractivity contribution is 5.92. The van der Waals surface area contributed by atoms with Crippen molar-refractivity contribution in [2.24, 2.45) is 0 Å². The standard InChI is InChI=1S/C22H27NO7/c1-5-6-14(21(26)27)23-17(24)11-28-16-10-15-13(7-8-22(3,4)30-15)20-19(16)12(2)9-18(25)29-20/h9-10,14H,5-8,11H2,1-4H3,(H,23,24)(H,26,27)/p-1/t14-/m1/s1. The normalized spacial score (nSPS) is 15.7. The molecule has 0 bridgehead atoms. The summed E-state index contributed by atoms with van der Waals surface area (Å²) in [6.07, 6.45) is 2.29. The number of carboxylic acid groups (broad SMARTS) is 1. The summed E-state index contributed by atoms with van der Waals surface area (Å²) in [4.78, 5) is 35.4. The fourth-order valence-corrected chi connectivity index (χ4v) is 3.65. The Morgan fingerprint density at radius 2 is 2.07 bits per heavy atom. The average Bonchev–Trinajstić information content (AvgIpc) is 2.64. The highest BCUT2D eigenvalue weighted by atomic mass is 16.5. The summed E-state index contributed by atoms with van der Waals surface area (Å²) in [6.45, 7) is 7.11. The van der Waals surface area contributed by atoms with Crippen LogP contribution in [0.25, 0.3) is 11.0 Å². The van der Waals surface area contributed by atoms with E-state index in [1.807, 2.05) is 20.8 Å². The van der Waals surface area contributed by atoms with Crippen LogP contribution >= 0.6 is 0 Å². The molecule has 0 unspecified atom stereocenters. The van der Waals surface area contributed by atoms with E-state index in [9.17, 15) is 19.5 Å². The number of nitrogens with one attached hydrogen (secondary N) is 1. The molecule has 1 aliphatic rings. The molecule has 2 heterocycles. The maximum Gasteiger partial charge on any atom is 0.336 e. The molecule has 0 saturated heterocycles. The molecule has 1 amide bonds. The highest BCUT2D eigenvalue weighted by Gasteiger charge is 2.30. The Balaban J connectivity index is 1.93. The van der Waals surface area contributed by atoms with Crippen LogP contribution in [0.4, 0.5) is 0 Å². The SMILES string of the molecule is CCC[C@@H](NC(=O)COc1cc2c(c3oc(=O)cc(C)c13)CCC(C)(C)O2)C(=O)[O-]. The van der Waals surface area contributed by atoms with Gasteiger partial charge in [-0.2, -0.15) is 0 Å². The summed E-state index contributed by atoms with van der Waals surface area (Å²) >= 11 is 0. The minimum absolute atomic E-state index is 0.267. The second kappa shape index (κ2) is 8.38. The Bertz CT molecular complexity index is 1040. The Morgan fingerprint density at radius 1 is 1.33 bits per heavy atom. The molecule has 1 N–H and O–H groups in total. The summed E-state index contributed by atoms with van der Waals surface area (Å²) in [7, 11) is 0. The first-order valence-corrected chi connectivity index (χ1v) is 10.0. The Morgan fingerprint density at radius 3 is 2.73 bits per heavy atom. The summed E-state index contributed by atoms with van der Waals surface area (Å²) in [5, 5.41) is 14.1. The zero-order valence-corrected chi connectivity index (χ0v) is 17.6. The number of amides is 1. The van der Waals surface area contributed by atoms with Crippen molar-refractivity contribution in [1.29, 1.82) is 0 Å². The van der Waals surface area contributed by atoms with Gasteiger partial charge in [0.1, 0.15) is 22.7 Å². The number of benzene rings is 1. The first-order chi connectivity index (χ1) is 14.1. The van der Waals surface area contributed by atoms with E-state index in [1.54, 1.807) is 13.0 Å². The minimum atomic E-state index is -1.34. The van der Waals surface area contributed by atoms with Gasteiger partial charge in [0.05, 0.1) is 17.4 Å². The molecule has 0 fully saturated rings. The lowest BCUT2D eigenvalue weighted by Crippen LogP contribution is -2.49. The Kier molecular flexibility index (Phi) is 6.05. The molecule has 1 aromatic carbocycles. The maximum absolute atomic E-state index is 12.2. The van der Waals surface area contributed by atoms with E-state index in [4.69, 9.17) is 13.9 Å². The molecule has 8 nitrogen and oxygen atoms in total. The largest absolute Gasteiger partial charge is 0.548 e. The van der Waals surface area contributed by atoms with Crippen molar-refractivity contribution in [1.82, 2.24) is 5.32 Å². The molecule has 162 valence electrons. The highest BCUT2D eigenvalue weighted by Crippen LogP contribution is 2.42. The lowest BCUT2D eigenvalue weighted by Gasteiger charge is -2.33. The molecular weight excluding hydrogens is 390 g/mol. The fraction of sp³-hybridized carbons (Fsp3) is 0.500. The number of carboxylic acids is 1. The van der Waals surface area contributed by atoms with Gasteiger partial charge >= 0.3 is 5.63 Å². The van der Waals surface area contributed by atoms with E-state index in [0.717, 1.165) is 12.0 Å². The van der Waals surface area contributed by atoms with Crippen LogP contribution in [0.5, 0.6) is 11.5 Å². The number of hydrogen-bond acceptors (Lipinski definition) is 7. The van der Waals surface area contributed by atoms with Gasteiger partial charge in [0, 0.05) is 17.7 Å². The van der Waals surface area contributed by atoms with Crippen LogP contribution in [0.2, 0.25) is 0 Å². The van der Waals surface area contributed by atoms with Gasteiger partial charge in [0.15, 0.2) is 6.61 Å². The number of ether oxygens (including phenoxy) is 2. The van der Waals surface area contributed by atoms with Gasteiger partial charge in [-0.3, -0.25) is 4.79 Å². The molecule has 30 heavy (non-hydrogen) atoms. The predicted molar refractivity (Wildman–Crippen MR) is 108 cm³/mol. The second-order valence-corrected chi connectivity index (χ2v) is 8.18. The zero-order valence-electron chi connectivity index (χ0n) is 17.6. The van der Waals surface area contributed by atoms with Gasteiger partial charge in [-0.1, -0.05) is 13.3 Å². The van der Waals surface area contributed by atoms with Gasteiger partial charge in [-0.05, 0) is 45.6 Å². The summed E-state index contributed by atoms with van der Waals surface area (Å²) in [5.74, 6) is -1.04. The molecule has 0 saturated carbocycles. The van der Waals surface area contributed by atoms with E-state index >= 15 is 0 Å². The molecule has 0 spiro atoms. The zero-order chi connectivity index (χ0) is 22.1. The third-order valence-corrected chi connectivity index (χ3v) is 5.16. The van der Waals surface area contributed by atoms with Gasteiger partial charge in [0.2, 0.25) is 0 Å². The van der Waals surface area contributed by atoms with Gasteiger partial charge < -0.3 is 29.1 Å². The Hall–Kier alpha value is -3.03. The smallest absolute Gasteiger partial charge is 0.336 e. The number of fused-ring (bicyclic) bond motifs is 3. The van der Waals surface area contributed by atoms with Crippen LogP contribution in [0.15, 0.2) is 21.3 Å². The molecule has 1 aliphatic heterocycles. The maximum atomic E-state index is 12.2. The number of carbonyl (C=O) groups is 2. The molecule has 0 aliphatic carbocycles. The third-order valence-electron chi connectivity index (χ3n) is 5.16. The van der Waals surface area contributed by atoms with E-state index in [-0.39, 0.29) is 12.0 Å². The van der Waals surface area contributed by atoms with E-state index in [0.29, 0.717) is 40.9 Å². The van der Waals surface area contributed by atoms with Gasteiger partial charge in [0.25, 0.3) is 5.91 Å². The molecule has 3 rings (SSSR count). The van der Waals surface area contributed by atoms with Crippen molar-refractivity contribution in [3.05, 3.63) is 33.7 Å². The molecule has 8 heteroatoms. The topological polar surface area (TPSA) is 118 Å². The Labute approximate surface area is 174 Å². The first kappa shape index (κ1) is 21.7. The third kappa shape index (κ3) is 4.58. The van der Waals surface area contributed by atoms with Crippen LogP contribution in [0, 0.1) is 6.92 Å². The van der Waals surface area contributed by atoms with Gasteiger partial charge in [-0.25, -0.2) is 4.79 Å². The van der Waals surface area contributed by atoms with Crippen LogP contribution < -0.4 is 25.5 Å².